The first-order valence-electron chi connectivity index (χ1n) is 11.5. The van der Waals surface area contributed by atoms with Crippen molar-refractivity contribution in [1.82, 2.24) is 19.0 Å². The highest BCUT2D eigenvalue weighted by molar-refractivity contribution is 6.05. The van der Waals surface area contributed by atoms with E-state index in [0.29, 0.717) is 24.5 Å². The number of nitrogens with zero attached hydrogens (tertiary/aromatic N) is 4. The number of nitrogens with one attached hydrogen (secondary N) is 1. The molecule has 9 nitrogen and oxygen atoms in total. The fourth-order valence-electron chi connectivity index (χ4n) is 4.40. The number of hydrogen-bond donors (Lipinski definition) is 1. The van der Waals surface area contributed by atoms with Crippen molar-refractivity contribution in [2.45, 2.75) is 46.6 Å². The molecule has 1 N–H and O–H groups in total. The standard InChI is InChI=1S/C25H29N5O4/c1-15-9-8-10-19(17(15)3)27-20(31)14-30-24(33)21-18(23(32)29-11-6-5-7-12-29)13-16(2)26-22(21)28(4)25(30)34/h8-10,13H,5-7,11-12,14H2,1-4H3,(H,27,31). The normalized spacial score (nSPS) is 13.8. The minimum absolute atomic E-state index is 0.0582. The van der Waals surface area contributed by atoms with Gasteiger partial charge in [-0.25, -0.2) is 9.78 Å². The van der Waals surface area contributed by atoms with E-state index >= 15 is 0 Å². The van der Waals surface area contributed by atoms with Gasteiger partial charge in [-0.1, -0.05) is 12.1 Å². The molecular weight excluding hydrogens is 434 g/mol. The van der Waals surface area contributed by atoms with Gasteiger partial charge in [0.2, 0.25) is 5.91 Å². The highest BCUT2D eigenvalue weighted by atomic mass is 16.2. The summed E-state index contributed by atoms with van der Waals surface area (Å²) >= 11 is 0. The lowest BCUT2D eigenvalue weighted by atomic mass is 10.1. The molecule has 2 amide bonds. The quantitative estimate of drug-likeness (QED) is 0.639. The molecule has 4 rings (SSSR count). The molecule has 9 heteroatoms. The summed E-state index contributed by atoms with van der Waals surface area (Å²) in [6.45, 7) is 6.32. The molecule has 1 fully saturated rings. The second-order valence-corrected chi connectivity index (χ2v) is 8.89. The molecule has 1 saturated heterocycles. The summed E-state index contributed by atoms with van der Waals surface area (Å²) in [5, 5.41) is 2.84. The number of hydrogen-bond acceptors (Lipinski definition) is 5. The molecule has 0 spiro atoms. The molecule has 1 aromatic carbocycles. The summed E-state index contributed by atoms with van der Waals surface area (Å²) in [5.74, 6) is -0.756. The van der Waals surface area contributed by atoms with E-state index in [4.69, 9.17) is 0 Å². The Kier molecular flexibility index (Phi) is 6.37. The zero-order valence-electron chi connectivity index (χ0n) is 20.0. The maximum absolute atomic E-state index is 13.5. The van der Waals surface area contributed by atoms with Crippen molar-refractivity contribution in [3.8, 4) is 0 Å². The molecule has 0 aliphatic carbocycles. The number of pyridine rings is 1. The molecule has 0 radical (unpaired) electrons. The number of likely N-dealkylation sites (tertiary alicyclic amines) is 1. The SMILES string of the molecule is Cc1cc(C(=O)N2CCCCC2)c2c(=O)n(CC(=O)Nc3cccc(C)c3C)c(=O)n(C)c2n1. The molecular formula is C25H29N5O4. The van der Waals surface area contributed by atoms with Crippen LogP contribution < -0.4 is 16.6 Å². The van der Waals surface area contributed by atoms with Gasteiger partial charge in [0.05, 0.1) is 10.9 Å². The van der Waals surface area contributed by atoms with Crippen molar-refractivity contribution in [3.63, 3.8) is 0 Å². The average Bonchev–Trinajstić information content (AvgIpc) is 2.83. The van der Waals surface area contributed by atoms with Crippen LogP contribution in [0.15, 0.2) is 33.9 Å². The van der Waals surface area contributed by atoms with Crippen molar-refractivity contribution in [2.24, 2.45) is 7.05 Å². The van der Waals surface area contributed by atoms with Crippen LogP contribution >= 0.6 is 0 Å². The fourth-order valence-corrected chi connectivity index (χ4v) is 4.40. The lowest BCUT2D eigenvalue weighted by Gasteiger charge is -2.27. The van der Waals surface area contributed by atoms with Gasteiger partial charge in [-0.05, 0) is 63.3 Å². The van der Waals surface area contributed by atoms with Gasteiger partial charge < -0.3 is 10.2 Å². The summed E-state index contributed by atoms with van der Waals surface area (Å²) in [7, 11) is 1.49. The number of benzene rings is 1. The van der Waals surface area contributed by atoms with Crippen LogP contribution in [0.3, 0.4) is 0 Å². The van der Waals surface area contributed by atoms with E-state index in [1.807, 2.05) is 26.0 Å². The molecule has 2 aromatic heterocycles. The predicted molar refractivity (Wildman–Crippen MR) is 130 cm³/mol. The monoisotopic (exact) mass is 463 g/mol. The molecule has 0 bridgehead atoms. The Balaban J connectivity index is 1.79. The Morgan fingerprint density at radius 2 is 1.76 bits per heavy atom. The Labute approximate surface area is 197 Å². The summed E-state index contributed by atoms with van der Waals surface area (Å²) in [5.41, 5.74) is 2.07. The fraction of sp³-hybridized carbons (Fsp3) is 0.400. The van der Waals surface area contributed by atoms with E-state index in [0.717, 1.165) is 35.0 Å². The molecule has 34 heavy (non-hydrogen) atoms. The number of piperidine rings is 1. The molecule has 0 saturated carbocycles. The Hall–Kier alpha value is -3.75. The van der Waals surface area contributed by atoms with Crippen LogP contribution in [-0.2, 0) is 18.4 Å². The number of fused-ring (bicyclic) bond motifs is 1. The number of carbonyl (C=O) groups is 2. The Bertz CT molecular complexity index is 1410. The summed E-state index contributed by atoms with van der Waals surface area (Å²) in [4.78, 5) is 58.8. The first-order valence-corrected chi connectivity index (χ1v) is 11.5. The van der Waals surface area contributed by atoms with E-state index in [-0.39, 0.29) is 22.5 Å². The van der Waals surface area contributed by atoms with E-state index in [1.54, 1.807) is 24.0 Å². The van der Waals surface area contributed by atoms with Gasteiger partial charge >= 0.3 is 5.69 Å². The largest absolute Gasteiger partial charge is 0.339 e. The zero-order valence-corrected chi connectivity index (χ0v) is 20.0. The Morgan fingerprint density at radius 3 is 2.47 bits per heavy atom. The van der Waals surface area contributed by atoms with E-state index < -0.39 is 23.7 Å². The van der Waals surface area contributed by atoms with Crippen LogP contribution in [0, 0.1) is 20.8 Å². The third kappa shape index (κ3) is 4.25. The molecule has 1 aliphatic heterocycles. The lowest BCUT2D eigenvalue weighted by molar-refractivity contribution is -0.116. The highest BCUT2D eigenvalue weighted by Crippen LogP contribution is 2.20. The van der Waals surface area contributed by atoms with Crippen LogP contribution in [0.1, 0.15) is 46.4 Å². The third-order valence-corrected chi connectivity index (χ3v) is 6.48. The maximum Gasteiger partial charge on any atom is 0.332 e. The average molecular weight is 464 g/mol. The van der Waals surface area contributed by atoms with Crippen molar-refractivity contribution >= 4 is 28.5 Å². The number of aryl methyl sites for hydroxylation is 3. The van der Waals surface area contributed by atoms with Gasteiger partial charge in [-0.3, -0.25) is 23.5 Å². The van der Waals surface area contributed by atoms with Gasteiger partial charge in [-0.2, -0.15) is 0 Å². The van der Waals surface area contributed by atoms with Gasteiger partial charge in [0.15, 0.2) is 0 Å². The summed E-state index contributed by atoms with van der Waals surface area (Å²) < 4.78 is 2.09. The first kappa shape index (κ1) is 23.4. The van der Waals surface area contributed by atoms with Gasteiger partial charge in [0.1, 0.15) is 12.2 Å². The molecule has 3 heterocycles. The van der Waals surface area contributed by atoms with Crippen LogP contribution in [0.2, 0.25) is 0 Å². The van der Waals surface area contributed by atoms with Gasteiger partial charge in [0, 0.05) is 31.5 Å². The minimum atomic E-state index is -0.693. The van der Waals surface area contributed by atoms with Crippen molar-refractivity contribution in [1.29, 1.82) is 0 Å². The van der Waals surface area contributed by atoms with Crippen molar-refractivity contribution < 1.29 is 9.59 Å². The van der Waals surface area contributed by atoms with E-state index in [1.165, 1.54) is 11.6 Å². The number of aromatic nitrogens is 3. The first-order chi connectivity index (χ1) is 16.2. The van der Waals surface area contributed by atoms with Crippen LogP contribution in [0.5, 0.6) is 0 Å². The number of carbonyl (C=O) groups excluding carboxylic acids is 2. The topological polar surface area (TPSA) is 106 Å². The molecule has 3 aromatic rings. The number of amides is 2. The van der Waals surface area contributed by atoms with E-state index in [9.17, 15) is 19.2 Å². The maximum atomic E-state index is 13.5. The predicted octanol–water partition coefficient (Wildman–Crippen LogP) is 2.29. The smallest absolute Gasteiger partial charge is 0.332 e. The van der Waals surface area contributed by atoms with Crippen molar-refractivity contribution in [2.75, 3.05) is 18.4 Å². The van der Waals surface area contributed by atoms with Crippen LogP contribution in [0.25, 0.3) is 11.0 Å². The summed E-state index contributed by atoms with van der Waals surface area (Å²) in [6.07, 6.45) is 2.89. The lowest BCUT2D eigenvalue weighted by Crippen LogP contribution is -2.43. The van der Waals surface area contributed by atoms with Crippen LogP contribution in [-0.4, -0.2) is 43.9 Å². The van der Waals surface area contributed by atoms with E-state index in [2.05, 4.69) is 10.3 Å². The van der Waals surface area contributed by atoms with Gasteiger partial charge in [0.25, 0.3) is 11.5 Å². The van der Waals surface area contributed by atoms with Crippen molar-refractivity contribution in [3.05, 3.63) is 67.5 Å². The summed E-state index contributed by atoms with van der Waals surface area (Å²) in [6, 6.07) is 7.12. The van der Waals surface area contributed by atoms with Gasteiger partial charge in [-0.15, -0.1) is 0 Å². The second-order valence-electron chi connectivity index (χ2n) is 8.89. The third-order valence-electron chi connectivity index (χ3n) is 6.48. The molecule has 0 atom stereocenters. The molecule has 1 aliphatic rings. The highest BCUT2D eigenvalue weighted by Gasteiger charge is 2.25. The minimum Gasteiger partial charge on any atom is -0.339 e. The Morgan fingerprint density at radius 1 is 1.06 bits per heavy atom. The van der Waals surface area contributed by atoms with Crippen LogP contribution in [0.4, 0.5) is 5.69 Å². The number of anilines is 1. The molecule has 0 unspecified atom stereocenters. The number of rotatable bonds is 4. The zero-order chi connectivity index (χ0) is 24.6. The molecule has 178 valence electrons. The second kappa shape index (κ2) is 9.24.